The highest BCUT2D eigenvalue weighted by atomic mass is 35.5. The molecule has 1 aromatic carbocycles. The Morgan fingerprint density at radius 3 is 2.73 bits per heavy atom. The smallest absolute Gasteiger partial charge is 0.172 e. The van der Waals surface area contributed by atoms with Crippen LogP contribution in [0.25, 0.3) is 0 Å². The van der Waals surface area contributed by atoms with Crippen molar-refractivity contribution in [3.05, 3.63) is 27.7 Å². The predicted octanol–water partition coefficient (Wildman–Crippen LogP) is 2.82. The monoisotopic (exact) mass is 190 g/mol. The Hall–Kier alpha value is -0.440. The van der Waals surface area contributed by atoms with Crippen LogP contribution in [0.3, 0.4) is 0 Å². The van der Waals surface area contributed by atoms with E-state index in [9.17, 15) is 0 Å². The van der Waals surface area contributed by atoms with Gasteiger partial charge in [0.05, 0.1) is 10.0 Å². The van der Waals surface area contributed by atoms with Gasteiger partial charge in [0.25, 0.3) is 0 Å². The quantitative estimate of drug-likeness (QED) is 0.587. The van der Waals surface area contributed by atoms with Crippen LogP contribution in [0.5, 0.6) is 5.75 Å². The highest BCUT2D eigenvalue weighted by Gasteiger charge is 2.15. The fourth-order valence-electron chi connectivity index (χ4n) is 0.917. The van der Waals surface area contributed by atoms with Crippen LogP contribution in [-0.2, 0) is 11.5 Å². The van der Waals surface area contributed by atoms with Gasteiger partial charge < -0.3 is 4.89 Å². The lowest BCUT2D eigenvalue weighted by molar-refractivity contribution is -0.194. The molecule has 0 bridgehead atoms. The van der Waals surface area contributed by atoms with Crippen LogP contribution in [0, 0.1) is 0 Å². The molecule has 11 heavy (non-hydrogen) atoms. The minimum absolute atomic E-state index is 0.437. The van der Waals surface area contributed by atoms with Crippen molar-refractivity contribution in [3.63, 3.8) is 0 Å². The largest absolute Gasteiger partial charge is 0.337 e. The Balaban J connectivity index is 2.57. The third-order valence-electron chi connectivity index (χ3n) is 1.47. The van der Waals surface area contributed by atoms with Crippen molar-refractivity contribution in [2.45, 2.75) is 6.61 Å². The van der Waals surface area contributed by atoms with Gasteiger partial charge in [-0.3, -0.25) is 0 Å². The summed E-state index contributed by atoms with van der Waals surface area (Å²) in [4.78, 5) is 9.50. The van der Waals surface area contributed by atoms with Crippen molar-refractivity contribution >= 4 is 23.2 Å². The Morgan fingerprint density at radius 1 is 1.18 bits per heavy atom. The van der Waals surface area contributed by atoms with Gasteiger partial charge >= 0.3 is 0 Å². The van der Waals surface area contributed by atoms with Gasteiger partial charge in [-0.1, -0.05) is 23.2 Å². The minimum atomic E-state index is 0.437. The average Bonchev–Trinajstić information content (AvgIpc) is 2.36. The number of hydrogen-bond donors (Lipinski definition) is 0. The van der Waals surface area contributed by atoms with E-state index in [0.717, 1.165) is 5.56 Å². The molecule has 0 amide bonds. The van der Waals surface area contributed by atoms with E-state index in [0.29, 0.717) is 22.4 Å². The average molecular weight is 191 g/mol. The first kappa shape index (κ1) is 7.22. The number of rotatable bonds is 0. The molecule has 4 heteroatoms. The van der Waals surface area contributed by atoms with E-state index in [1.54, 1.807) is 12.1 Å². The summed E-state index contributed by atoms with van der Waals surface area (Å²) in [5.74, 6) is 0.652. The molecule has 1 aliphatic heterocycles. The van der Waals surface area contributed by atoms with Gasteiger partial charge in [-0.05, 0) is 6.07 Å². The molecular formula is C7H4Cl2O2. The van der Waals surface area contributed by atoms with E-state index in [4.69, 9.17) is 33.0 Å². The molecule has 0 unspecified atom stereocenters. The van der Waals surface area contributed by atoms with E-state index < -0.39 is 0 Å². The van der Waals surface area contributed by atoms with Gasteiger partial charge in [0, 0.05) is 11.6 Å². The van der Waals surface area contributed by atoms with Gasteiger partial charge in [0.15, 0.2) is 5.75 Å². The molecule has 0 saturated heterocycles. The van der Waals surface area contributed by atoms with E-state index in [1.807, 2.05) is 0 Å². The van der Waals surface area contributed by atoms with Crippen LogP contribution in [0.4, 0.5) is 0 Å². The van der Waals surface area contributed by atoms with Gasteiger partial charge in [-0.15, -0.1) is 0 Å². The molecule has 0 spiro atoms. The summed E-state index contributed by atoms with van der Waals surface area (Å²) in [5, 5.41) is 1.01. The van der Waals surface area contributed by atoms with Gasteiger partial charge in [0.1, 0.15) is 6.61 Å². The second kappa shape index (κ2) is 2.55. The molecule has 0 fully saturated rings. The lowest BCUT2D eigenvalue weighted by atomic mass is 10.2. The summed E-state index contributed by atoms with van der Waals surface area (Å²) in [7, 11) is 0. The van der Waals surface area contributed by atoms with Crippen LogP contribution in [0.2, 0.25) is 10.0 Å². The summed E-state index contributed by atoms with van der Waals surface area (Å²) in [6, 6.07) is 3.39. The number of benzene rings is 1. The zero-order valence-corrected chi connectivity index (χ0v) is 6.95. The molecule has 2 rings (SSSR count). The van der Waals surface area contributed by atoms with Crippen molar-refractivity contribution in [1.82, 2.24) is 0 Å². The molecule has 0 radical (unpaired) electrons. The molecular weight excluding hydrogens is 187 g/mol. The molecule has 0 aliphatic carbocycles. The Labute approximate surface area is 73.6 Å². The first-order valence-electron chi connectivity index (χ1n) is 3.05. The molecule has 0 saturated carbocycles. The number of fused-ring (bicyclic) bond motifs is 1. The summed E-state index contributed by atoms with van der Waals surface area (Å²) in [5.41, 5.74) is 0.930. The van der Waals surface area contributed by atoms with E-state index >= 15 is 0 Å². The predicted molar refractivity (Wildman–Crippen MR) is 41.9 cm³/mol. The fraction of sp³-hybridized carbons (Fsp3) is 0.143. The summed E-state index contributed by atoms with van der Waals surface area (Å²) in [6.45, 7) is 0.437. The van der Waals surface area contributed by atoms with Gasteiger partial charge in [-0.2, -0.15) is 4.89 Å². The topological polar surface area (TPSA) is 18.5 Å². The third kappa shape index (κ3) is 1.18. The Kier molecular flexibility index (Phi) is 1.68. The standard InChI is InChI=1S/C7H4Cl2O2/c8-5-1-4-3-10-11-7(4)2-6(5)9/h1-2H,3H2. The molecule has 58 valence electrons. The molecule has 0 N–H and O–H groups in total. The van der Waals surface area contributed by atoms with Crippen LogP contribution < -0.4 is 4.89 Å². The van der Waals surface area contributed by atoms with Crippen molar-refractivity contribution in [2.24, 2.45) is 0 Å². The normalized spacial score (nSPS) is 14.4. The molecule has 1 aromatic rings. The zero-order valence-electron chi connectivity index (χ0n) is 5.43. The SMILES string of the molecule is Clc1cc2c(cc1Cl)OOC2. The highest BCUT2D eigenvalue weighted by Crippen LogP contribution is 2.34. The molecule has 1 aliphatic rings. The Bertz CT molecular complexity index is 270. The number of halogens is 2. The first-order valence-corrected chi connectivity index (χ1v) is 3.80. The third-order valence-corrected chi connectivity index (χ3v) is 2.19. The maximum atomic E-state index is 5.75. The Morgan fingerprint density at radius 2 is 1.91 bits per heavy atom. The zero-order chi connectivity index (χ0) is 7.84. The maximum absolute atomic E-state index is 5.75. The van der Waals surface area contributed by atoms with Crippen molar-refractivity contribution in [3.8, 4) is 5.75 Å². The van der Waals surface area contributed by atoms with Crippen molar-refractivity contribution < 1.29 is 9.78 Å². The van der Waals surface area contributed by atoms with Crippen molar-refractivity contribution in [1.29, 1.82) is 0 Å². The lowest BCUT2D eigenvalue weighted by Crippen LogP contribution is -1.81. The van der Waals surface area contributed by atoms with Gasteiger partial charge in [-0.25, -0.2) is 0 Å². The molecule has 0 aromatic heterocycles. The van der Waals surface area contributed by atoms with E-state index in [1.165, 1.54) is 0 Å². The van der Waals surface area contributed by atoms with E-state index in [-0.39, 0.29) is 0 Å². The van der Waals surface area contributed by atoms with Crippen LogP contribution >= 0.6 is 23.2 Å². The second-order valence-electron chi connectivity index (χ2n) is 2.22. The summed E-state index contributed by atoms with van der Waals surface area (Å²) < 4.78 is 0. The second-order valence-corrected chi connectivity index (χ2v) is 3.03. The molecule has 2 nitrogen and oxygen atoms in total. The number of hydrogen-bond acceptors (Lipinski definition) is 2. The van der Waals surface area contributed by atoms with E-state index in [2.05, 4.69) is 0 Å². The maximum Gasteiger partial charge on any atom is 0.172 e. The summed E-state index contributed by atoms with van der Waals surface area (Å²) >= 11 is 11.5. The van der Waals surface area contributed by atoms with Crippen LogP contribution in [0.15, 0.2) is 12.1 Å². The minimum Gasteiger partial charge on any atom is -0.337 e. The summed E-state index contributed by atoms with van der Waals surface area (Å²) in [6.07, 6.45) is 0. The molecule has 0 atom stereocenters. The lowest BCUT2D eigenvalue weighted by Gasteiger charge is -1.97. The molecule has 1 heterocycles. The fourth-order valence-corrected chi connectivity index (χ4v) is 1.26. The van der Waals surface area contributed by atoms with Crippen LogP contribution in [0.1, 0.15) is 5.56 Å². The van der Waals surface area contributed by atoms with Crippen LogP contribution in [-0.4, -0.2) is 0 Å². The first-order chi connectivity index (χ1) is 5.27. The van der Waals surface area contributed by atoms with Crippen molar-refractivity contribution in [2.75, 3.05) is 0 Å². The van der Waals surface area contributed by atoms with Gasteiger partial charge in [0.2, 0.25) is 0 Å². The highest BCUT2D eigenvalue weighted by molar-refractivity contribution is 6.42.